The second-order valence-electron chi connectivity index (χ2n) is 4.85. The summed E-state index contributed by atoms with van der Waals surface area (Å²) in [6.45, 7) is 2.25. The highest BCUT2D eigenvalue weighted by atomic mass is 19.2. The third-order valence-corrected chi connectivity index (χ3v) is 3.46. The first kappa shape index (κ1) is 12.5. The molecule has 1 saturated heterocycles. The van der Waals surface area contributed by atoms with E-state index >= 15 is 0 Å². The molecule has 94 valence electrons. The molecule has 2 rings (SSSR count). The van der Waals surface area contributed by atoms with Gasteiger partial charge in [-0.2, -0.15) is 0 Å². The highest BCUT2D eigenvalue weighted by Crippen LogP contribution is 2.18. The van der Waals surface area contributed by atoms with Crippen LogP contribution in [0.5, 0.6) is 0 Å². The second-order valence-corrected chi connectivity index (χ2v) is 4.85. The van der Waals surface area contributed by atoms with Gasteiger partial charge in [-0.05, 0) is 68.8 Å². The molecule has 0 saturated carbocycles. The summed E-state index contributed by atoms with van der Waals surface area (Å²) >= 11 is 0. The van der Waals surface area contributed by atoms with Gasteiger partial charge in [0.2, 0.25) is 0 Å². The third-order valence-electron chi connectivity index (χ3n) is 3.46. The van der Waals surface area contributed by atoms with E-state index in [0.29, 0.717) is 0 Å². The predicted octanol–water partition coefficient (Wildman–Crippen LogP) is 3.29. The van der Waals surface area contributed by atoms with Crippen LogP contribution in [0, 0.1) is 17.6 Å². The fraction of sp³-hybridized carbons (Fsp3) is 0.571. The van der Waals surface area contributed by atoms with Crippen LogP contribution < -0.4 is 5.32 Å². The number of hydrogen-bond acceptors (Lipinski definition) is 1. The van der Waals surface area contributed by atoms with Gasteiger partial charge in [0.1, 0.15) is 0 Å². The second kappa shape index (κ2) is 6.10. The summed E-state index contributed by atoms with van der Waals surface area (Å²) in [5.74, 6) is -0.735. The Bertz CT molecular complexity index is 359. The topological polar surface area (TPSA) is 12.0 Å². The lowest BCUT2D eigenvalue weighted by Crippen LogP contribution is -2.29. The molecule has 1 atom stereocenters. The maximum atomic E-state index is 13.0. The van der Waals surface area contributed by atoms with E-state index in [9.17, 15) is 8.78 Å². The van der Waals surface area contributed by atoms with Crippen LogP contribution in [0.3, 0.4) is 0 Å². The van der Waals surface area contributed by atoms with Gasteiger partial charge in [-0.3, -0.25) is 0 Å². The molecule has 3 heteroatoms. The Labute approximate surface area is 101 Å². The summed E-state index contributed by atoms with van der Waals surface area (Å²) < 4.78 is 25.7. The minimum absolute atomic E-state index is 0.734. The first-order valence-electron chi connectivity index (χ1n) is 6.40. The molecule has 1 aromatic rings. The Kier molecular flexibility index (Phi) is 4.49. The molecule has 1 aliphatic heterocycles. The van der Waals surface area contributed by atoms with Crippen molar-refractivity contribution in [2.45, 2.75) is 32.1 Å². The van der Waals surface area contributed by atoms with Gasteiger partial charge in [-0.25, -0.2) is 8.78 Å². The number of hydrogen-bond donors (Lipinski definition) is 1. The monoisotopic (exact) mass is 239 g/mol. The number of nitrogens with one attached hydrogen (secondary N) is 1. The van der Waals surface area contributed by atoms with Gasteiger partial charge in [0.15, 0.2) is 11.6 Å². The molecular weight excluding hydrogens is 220 g/mol. The van der Waals surface area contributed by atoms with Crippen molar-refractivity contribution in [1.29, 1.82) is 0 Å². The molecule has 1 aliphatic rings. The molecule has 1 aromatic carbocycles. The molecule has 1 fully saturated rings. The Hall–Kier alpha value is -0.960. The Morgan fingerprint density at radius 3 is 2.82 bits per heavy atom. The number of piperidine rings is 1. The van der Waals surface area contributed by atoms with E-state index < -0.39 is 11.6 Å². The van der Waals surface area contributed by atoms with E-state index in [1.165, 1.54) is 31.4 Å². The number of benzene rings is 1. The van der Waals surface area contributed by atoms with Crippen molar-refractivity contribution in [3.8, 4) is 0 Å². The van der Waals surface area contributed by atoms with E-state index in [1.54, 1.807) is 6.07 Å². The zero-order valence-electron chi connectivity index (χ0n) is 10.0. The van der Waals surface area contributed by atoms with Gasteiger partial charge >= 0.3 is 0 Å². The Morgan fingerprint density at radius 1 is 1.24 bits per heavy atom. The van der Waals surface area contributed by atoms with Crippen molar-refractivity contribution in [3.63, 3.8) is 0 Å². The Balaban J connectivity index is 1.75. The third kappa shape index (κ3) is 3.77. The van der Waals surface area contributed by atoms with Crippen LogP contribution in [0.2, 0.25) is 0 Å². The fourth-order valence-electron chi connectivity index (χ4n) is 2.46. The van der Waals surface area contributed by atoms with E-state index in [-0.39, 0.29) is 0 Å². The molecular formula is C14H19F2N. The van der Waals surface area contributed by atoms with E-state index in [2.05, 4.69) is 5.32 Å². The molecule has 1 nitrogen and oxygen atoms in total. The van der Waals surface area contributed by atoms with Crippen LogP contribution in [0.25, 0.3) is 0 Å². The molecule has 0 bridgehead atoms. The van der Waals surface area contributed by atoms with Crippen molar-refractivity contribution in [1.82, 2.24) is 5.32 Å². The van der Waals surface area contributed by atoms with Crippen LogP contribution in [-0.2, 0) is 6.42 Å². The average Bonchev–Trinajstić information content (AvgIpc) is 2.35. The summed E-state index contributed by atoms with van der Waals surface area (Å²) in [6.07, 6.45) is 5.62. The van der Waals surface area contributed by atoms with Crippen LogP contribution >= 0.6 is 0 Å². The van der Waals surface area contributed by atoms with E-state index in [4.69, 9.17) is 0 Å². The van der Waals surface area contributed by atoms with Gasteiger partial charge in [0, 0.05) is 0 Å². The van der Waals surface area contributed by atoms with E-state index in [0.717, 1.165) is 37.4 Å². The Morgan fingerprint density at radius 2 is 2.12 bits per heavy atom. The van der Waals surface area contributed by atoms with Gasteiger partial charge in [-0.15, -0.1) is 0 Å². The molecule has 0 aliphatic carbocycles. The smallest absolute Gasteiger partial charge is 0.159 e. The number of rotatable bonds is 4. The number of halogens is 2. The summed E-state index contributed by atoms with van der Waals surface area (Å²) in [4.78, 5) is 0. The van der Waals surface area contributed by atoms with Gasteiger partial charge in [0.25, 0.3) is 0 Å². The first-order chi connectivity index (χ1) is 8.25. The van der Waals surface area contributed by atoms with Crippen molar-refractivity contribution in [2.24, 2.45) is 5.92 Å². The SMILES string of the molecule is Fc1ccc(CCCC2CCCNC2)cc1F. The highest BCUT2D eigenvalue weighted by molar-refractivity contribution is 5.17. The van der Waals surface area contributed by atoms with Crippen LogP contribution in [-0.4, -0.2) is 13.1 Å². The quantitative estimate of drug-likeness (QED) is 0.850. The lowest BCUT2D eigenvalue weighted by atomic mass is 9.93. The summed E-state index contributed by atoms with van der Waals surface area (Å²) in [5, 5.41) is 3.39. The summed E-state index contributed by atoms with van der Waals surface area (Å²) in [5.41, 5.74) is 0.896. The molecule has 0 radical (unpaired) electrons. The minimum atomic E-state index is -0.759. The van der Waals surface area contributed by atoms with Crippen molar-refractivity contribution in [3.05, 3.63) is 35.4 Å². The summed E-state index contributed by atoms with van der Waals surface area (Å²) in [7, 11) is 0. The molecule has 0 amide bonds. The lowest BCUT2D eigenvalue weighted by Gasteiger charge is -2.22. The zero-order chi connectivity index (χ0) is 12.1. The minimum Gasteiger partial charge on any atom is -0.316 e. The fourth-order valence-corrected chi connectivity index (χ4v) is 2.46. The van der Waals surface area contributed by atoms with Crippen LogP contribution in [0.4, 0.5) is 8.78 Å². The summed E-state index contributed by atoms with van der Waals surface area (Å²) in [6, 6.07) is 4.21. The molecule has 1 heterocycles. The van der Waals surface area contributed by atoms with Crippen LogP contribution in [0.1, 0.15) is 31.2 Å². The van der Waals surface area contributed by atoms with Gasteiger partial charge in [0.05, 0.1) is 0 Å². The molecule has 1 N–H and O–H groups in total. The highest BCUT2D eigenvalue weighted by Gasteiger charge is 2.12. The predicted molar refractivity (Wildman–Crippen MR) is 64.9 cm³/mol. The standard InChI is InChI=1S/C14H19F2N/c15-13-7-6-11(9-14(13)16)3-1-4-12-5-2-8-17-10-12/h6-7,9,12,17H,1-5,8,10H2. The maximum absolute atomic E-state index is 13.0. The van der Waals surface area contributed by atoms with Crippen molar-refractivity contribution < 1.29 is 8.78 Å². The molecule has 1 unspecified atom stereocenters. The lowest BCUT2D eigenvalue weighted by molar-refractivity contribution is 0.351. The molecule has 0 aromatic heterocycles. The van der Waals surface area contributed by atoms with Crippen LogP contribution in [0.15, 0.2) is 18.2 Å². The number of aryl methyl sites for hydroxylation is 1. The zero-order valence-corrected chi connectivity index (χ0v) is 10.0. The molecule has 0 spiro atoms. The maximum Gasteiger partial charge on any atom is 0.159 e. The normalized spacial score (nSPS) is 20.5. The van der Waals surface area contributed by atoms with Gasteiger partial charge < -0.3 is 5.32 Å². The van der Waals surface area contributed by atoms with Crippen molar-refractivity contribution in [2.75, 3.05) is 13.1 Å². The first-order valence-corrected chi connectivity index (χ1v) is 6.40. The van der Waals surface area contributed by atoms with E-state index in [1.807, 2.05) is 0 Å². The average molecular weight is 239 g/mol. The molecule has 17 heavy (non-hydrogen) atoms. The largest absolute Gasteiger partial charge is 0.316 e. The van der Waals surface area contributed by atoms with Gasteiger partial charge in [-0.1, -0.05) is 6.07 Å². The van der Waals surface area contributed by atoms with Crippen molar-refractivity contribution >= 4 is 0 Å².